The summed E-state index contributed by atoms with van der Waals surface area (Å²) in [6.07, 6.45) is 0.477. The summed E-state index contributed by atoms with van der Waals surface area (Å²) in [5, 5.41) is 9.02. The van der Waals surface area contributed by atoms with Gasteiger partial charge in [-0.05, 0) is 33.8 Å². The Balaban J connectivity index is 2.04. The lowest BCUT2D eigenvalue weighted by Gasteiger charge is -2.38. The van der Waals surface area contributed by atoms with E-state index in [1.165, 1.54) is 42.9 Å². The molecule has 0 aromatic carbocycles. The van der Waals surface area contributed by atoms with Gasteiger partial charge in [-0.2, -0.15) is 5.26 Å². The smallest absolute Gasteiger partial charge is 0.353 e. The maximum Gasteiger partial charge on any atom is 0.353 e. The number of nitrogens with one attached hydrogen (secondary N) is 1. The second-order valence-electron chi connectivity index (χ2n) is 9.05. The molecular formula is C22H34N4O9P2. The van der Waals surface area contributed by atoms with Gasteiger partial charge in [0, 0.05) is 44.4 Å². The zero-order chi connectivity index (χ0) is 27.4. The number of aromatic nitrogens is 2. The number of hydrogen-bond donors (Lipinski definition) is 1. The highest BCUT2D eigenvalue weighted by molar-refractivity contribution is 7.57. The topological polar surface area (TPSA) is 154 Å². The standard InChI is InChI=1S/C22H34N4O9P2/c1-15(2)26(16(3)4)36(33-12-7-10-23)35-19-18-20(25-11-8-17(27)24-21(25)28)34-22(19,14-32-18)9-13-37(29,30-5)31-6/h8-9,11,13,15-16,18-20H,7,12,14H2,1-6H3,(H,24,27,28)/b13-9+/t18-,19+,20-,22+,36?/m1/s1. The molecule has 1 aromatic heterocycles. The molecular weight excluding hydrogens is 526 g/mol. The molecule has 0 amide bonds. The zero-order valence-electron chi connectivity index (χ0n) is 21.7. The van der Waals surface area contributed by atoms with Gasteiger partial charge in [-0.3, -0.25) is 18.9 Å². The van der Waals surface area contributed by atoms with Crippen LogP contribution in [-0.4, -0.2) is 71.5 Å². The van der Waals surface area contributed by atoms with Crippen LogP contribution in [0.2, 0.25) is 0 Å². The fraction of sp³-hybridized carbons (Fsp3) is 0.682. The van der Waals surface area contributed by atoms with Crippen LogP contribution in [-0.2, 0) is 32.1 Å². The minimum absolute atomic E-state index is 0.0333. The maximum atomic E-state index is 12.8. The van der Waals surface area contributed by atoms with E-state index < -0.39 is 51.4 Å². The van der Waals surface area contributed by atoms with E-state index in [0.29, 0.717) is 0 Å². The molecule has 15 heteroatoms. The third kappa shape index (κ3) is 6.48. The van der Waals surface area contributed by atoms with Gasteiger partial charge in [-0.15, -0.1) is 0 Å². The van der Waals surface area contributed by atoms with Crippen molar-refractivity contribution in [2.45, 2.75) is 70.2 Å². The van der Waals surface area contributed by atoms with Crippen LogP contribution in [0.3, 0.4) is 0 Å². The van der Waals surface area contributed by atoms with Crippen LogP contribution in [0, 0.1) is 11.3 Å². The molecule has 1 unspecified atom stereocenters. The average Bonchev–Trinajstić information content (AvgIpc) is 3.34. The van der Waals surface area contributed by atoms with Crippen LogP contribution in [0.5, 0.6) is 0 Å². The van der Waals surface area contributed by atoms with E-state index in [0.717, 1.165) is 0 Å². The van der Waals surface area contributed by atoms with Gasteiger partial charge < -0.3 is 27.6 Å². The van der Waals surface area contributed by atoms with E-state index in [2.05, 4.69) is 15.7 Å². The van der Waals surface area contributed by atoms with Crippen molar-refractivity contribution in [1.82, 2.24) is 14.2 Å². The average molecular weight is 560 g/mol. The van der Waals surface area contributed by atoms with Gasteiger partial charge in [0.05, 0.1) is 25.7 Å². The molecule has 2 saturated heterocycles. The van der Waals surface area contributed by atoms with Gasteiger partial charge in [0.15, 0.2) is 6.23 Å². The summed E-state index contributed by atoms with van der Waals surface area (Å²) in [5.74, 6) is 1.27. The molecule has 2 bridgehead atoms. The van der Waals surface area contributed by atoms with Gasteiger partial charge in [0.25, 0.3) is 14.1 Å². The molecule has 0 aliphatic carbocycles. The second kappa shape index (κ2) is 12.4. The van der Waals surface area contributed by atoms with E-state index in [1.54, 1.807) is 0 Å². The molecule has 13 nitrogen and oxygen atoms in total. The number of fused-ring (bicyclic) bond motifs is 2. The second-order valence-corrected chi connectivity index (χ2v) is 12.6. The molecule has 3 heterocycles. The van der Waals surface area contributed by atoms with Crippen molar-refractivity contribution < 1.29 is 32.1 Å². The molecule has 0 spiro atoms. The van der Waals surface area contributed by atoms with Crippen LogP contribution in [0.1, 0.15) is 40.3 Å². The third-order valence-corrected chi connectivity index (χ3v) is 9.59. The fourth-order valence-electron chi connectivity index (χ4n) is 4.28. The zero-order valence-corrected chi connectivity index (χ0v) is 23.5. The number of hydrogen-bond acceptors (Lipinski definition) is 11. The first kappa shape index (κ1) is 29.8. The summed E-state index contributed by atoms with van der Waals surface area (Å²) >= 11 is 0. The Bertz CT molecular complexity index is 1150. The Kier molecular flexibility index (Phi) is 10.0. The molecule has 5 atom stereocenters. The van der Waals surface area contributed by atoms with E-state index >= 15 is 0 Å². The van der Waals surface area contributed by atoms with Crippen LogP contribution in [0.25, 0.3) is 0 Å². The Labute approximate surface area is 216 Å². The molecule has 0 radical (unpaired) electrons. The molecule has 2 fully saturated rings. The van der Waals surface area contributed by atoms with Crippen molar-refractivity contribution in [1.29, 1.82) is 5.26 Å². The summed E-state index contributed by atoms with van der Waals surface area (Å²) in [6.45, 7) is 8.22. The fourth-order valence-corrected chi connectivity index (χ4v) is 6.90. The first-order chi connectivity index (χ1) is 17.5. The predicted octanol–water partition coefficient (Wildman–Crippen LogP) is 2.86. The Morgan fingerprint density at radius 2 is 2.00 bits per heavy atom. The predicted molar refractivity (Wildman–Crippen MR) is 135 cm³/mol. The lowest BCUT2D eigenvalue weighted by Crippen LogP contribution is -2.42. The quantitative estimate of drug-likeness (QED) is 0.280. The number of ether oxygens (including phenoxy) is 2. The van der Waals surface area contributed by atoms with Crippen molar-refractivity contribution >= 4 is 16.1 Å². The normalized spacial score (nSPS) is 26.5. The van der Waals surface area contributed by atoms with Crippen LogP contribution < -0.4 is 11.2 Å². The SMILES string of the molecule is COP(=O)(/C=C/[C@@]12CO[C@@H]([C@H](n3ccc(=O)[nH]c3=O)O1)[C@@H]2OP(OCCC#N)N(C(C)C)C(C)C)OC. The van der Waals surface area contributed by atoms with Crippen molar-refractivity contribution in [3.05, 3.63) is 45.0 Å². The molecule has 3 rings (SSSR count). The molecule has 206 valence electrons. The maximum absolute atomic E-state index is 12.8. The van der Waals surface area contributed by atoms with E-state index in [4.69, 9.17) is 32.8 Å². The Morgan fingerprint density at radius 3 is 2.57 bits per heavy atom. The summed E-state index contributed by atoms with van der Waals surface area (Å²) in [4.78, 5) is 26.4. The first-order valence-corrected chi connectivity index (χ1v) is 14.5. The summed E-state index contributed by atoms with van der Waals surface area (Å²) in [6, 6.07) is 3.35. The summed E-state index contributed by atoms with van der Waals surface area (Å²) in [5.41, 5.74) is -2.51. The van der Waals surface area contributed by atoms with Crippen LogP contribution >= 0.6 is 16.1 Å². The summed E-state index contributed by atoms with van der Waals surface area (Å²) in [7, 11) is -2.75. The monoisotopic (exact) mass is 560 g/mol. The van der Waals surface area contributed by atoms with Crippen molar-refractivity contribution in [3.63, 3.8) is 0 Å². The van der Waals surface area contributed by atoms with Gasteiger partial charge in [0.2, 0.25) is 0 Å². The summed E-state index contributed by atoms with van der Waals surface area (Å²) < 4.78 is 51.1. The van der Waals surface area contributed by atoms with Crippen molar-refractivity contribution in [2.75, 3.05) is 27.4 Å². The Hall–Kier alpha value is -1.71. The van der Waals surface area contributed by atoms with Gasteiger partial charge in [-0.25, -0.2) is 9.46 Å². The van der Waals surface area contributed by atoms with E-state index in [9.17, 15) is 14.2 Å². The molecule has 1 aromatic rings. The Morgan fingerprint density at radius 1 is 1.32 bits per heavy atom. The lowest BCUT2D eigenvalue weighted by atomic mass is 10.00. The largest absolute Gasteiger partial charge is 0.367 e. The third-order valence-electron chi connectivity index (χ3n) is 5.94. The number of nitrogens with zero attached hydrogens (tertiary/aromatic N) is 3. The van der Waals surface area contributed by atoms with Crippen molar-refractivity contribution in [3.8, 4) is 6.07 Å². The minimum atomic E-state index is -3.57. The highest BCUT2D eigenvalue weighted by Crippen LogP contribution is 2.57. The van der Waals surface area contributed by atoms with Gasteiger partial charge in [-0.1, -0.05) is 0 Å². The highest BCUT2D eigenvalue weighted by atomic mass is 31.2. The molecule has 0 saturated carbocycles. The van der Waals surface area contributed by atoms with Crippen LogP contribution in [0.15, 0.2) is 33.7 Å². The molecule has 2 aliphatic rings. The van der Waals surface area contributed by atoms with Crippen molar-refractivity contribution in [2.24, 2.45) is 0 Å². The number of aromatic amines is 1. The van der Waals surface area contributed by atoms with Gasteiger partial charge in [0.1, 0.15) is 17.8 Å². The number of H-pyrrole nitrogens is 1. The first-order valence-electron chi connectivity index (χ1n) is 11.8. The number of nitriles is 1. The van der Waals surface area contributed by atoms with E-state index in [-0.39, 0.29) is 31.7 Å². The van der Waals surface area contributed by atoms with Gasteiger partial charge >= 0.3 is 13.3 Å². The minimum Gasteiger partial charge on any atom is -0.367 e. The molecule has 2 aliphatic heterocycles. The van der Waals surface area contributed by atoms with E-state index in [1.807, 2.05) is 27.7 Å². The number of rotatable bonds is 13. The molecule has 37 heavy (non-hydrogen) atoms. The van der Waals surface area contributed by atoms with Crippen LogP contribution in [0.4, 0.5) is 0 Å². The molecule has 1 N–H and O–H groups in total. The lowest BCUT2D eigenvalue weighted by molar-refractivity contribution is -0.156. The highest BCUT2D eigenvalue weighted by Gasteiger charge is 2.63.